The minimum absolute atomic E-state index is 0.0324. The van der Waals surface area contributed by atoms with E-state index in [4.69, 9.17) is 10.5 Å². The van der Waals surface area contributed by atoms with Crippen molar-refractivity contribution in [2.24, 2.45) is 5.73 Å². The molecule has 0 aliphatic rings. The summed E-state index contributed by atoms with van der Waals surface area (Å²) in [6.07, 6.45) is 2.88. The Kier molecular flexibility index (Phi) is 7.14. The third-order valence-corrected chi connectivity index (χ3v) is 3.55. The summed E-state index contributed by atoms with van der Waals surface area (Å²) >= 11 is 0. The molecule has 0 spiro atoms. The monoisotopic (exact) mass is 274 g/mol. The summed E-state index contributed by atoms with van der Waals surface area (Å²) in [5, 5.41) is 3.52. The normalized spacial score (nSPS) is 13.2. The molecule has 1 rings (SSSR count). The van der Waals surface area contributed by atoms with E-state index in [2.05, 4.69) is 36.2 Å². The first-order valence-electron chi connectivity index (χ1n) is 7.11. The third kappa shape index (κ3) is 5.64. The van der Waals surface area contributed by atoms with Crippen LogP contribution in [-0.4, -0.2) is 25.7 Å². The van der Waals surface area contributed by atoms with Gasteiger partial charge in [-0.2, -0.15) is 0 Å². The SMILES string of the molecule is CC#CCCNC(C)(CN)CCc1ccc(OC)cc1. The molecule has 0 aliphatic carbocycles. The van der Waals surface area contributed by atoms with Crippen LogP contribution < -0.4 is 15.8 Å². The van der Waals surface area contributed by atoms with Crippen LogP contribution in [0.2, 0.25) is 0 Å². The lowest BCUT2D eigenvalue weighted by Gasteiger charge is -2.29. The number of nitrogens with two attached hydrogens (primary N) is 1. The van der Waals surface area contributed by atoms with E-state index in [1.165, 1.54) is 5.56 Å². The van der Waals surface area contributed by atoms with Crippen LogP contribution in [0.3, 0.4) is 0 Å². The molecule has 0 heterocycles. The average Bonchev–Trinajstić information content (AvgIpc) is 2.50. The van der Waals surface area contributed by atoms with Crippen molar-refractivity contribution in [3.63, 3.8) is 0 Å². The fraction of sp³-hybridized carbons (Fsp3) is 0.529. The van der Waals surface area contributed by atoms with Crippen molar-refractivity contribution in [2.45, 2.75) is 38.6 Å². The van der Waals surface area contributed by atoms with Crippen LogP contribution >= 0.6 is 0 Å². The lowest BCUT2D eigenvalue weighted by atomic mass is 9.93. The zero-order valence-corrected chi connectivity index (χ0v) is 12.8. The Balaban J connectivity index is 2.47. The quantitative estimate of drug-likeness (QED) is 0.565. The second-order valence-corrected chi connectivity index (χ2v) is 5.22. The standard InChI is InChI=1S/C17H26N2O/c1-4-5-6-13-19-17(2,14-18)12-11-15-7-9-16(20-3)10-8-15/h7-10,19H,6,11-14,18H2,1-3H3. The van der Waals surface area contributed by atoms with Crippen molar-refractivity contribution in [1.82, 2.24) is 5.32 Å². The van der Waals surface area contributed by atoms with Crippen LogP contribution in [0, 0.1) is 11.8 Å². The largest absolute Gasteiger partial charge is 0.497 e. The van der Waals surface area contributed by atoms with E-state index in [1.54, 1.807) is 7.11 Å². The summed E-state index contributed by atoms with van der Waals surface area (Å²) in [5.41, 5.74) is 7.19. The highest BCUT2D eigenvalue weighted by molar-refractivity contribution is 5.27. The Morgan fingerprint density at radius 1 is 1.30 bits per heavy atom. The molecule has 0 amide bonds. The molecule has 0 aliphatic heterocycles. The summed E-state index contributed by atoms with van der Waals surface area (Å²) in [7, 11) is 1.68. The van der Waals surface area contributed by atoms with Gasteiger partial charge in [-0.05, 0) is 44.4 Å². The molecule has 3 nitrogen and oxygen atoms in total. The van der Waals surface area contributed by atoms with Gasteiger partial charge in [-0.25, -0.2) is 0 Å². The first-order valence-corrected chi connectivity index (χ1v) is 7.11. The van der Waals surface area contributed by atoms with Gasteiger partial charge >= 0.3 is 0 Å². The van der Waals surface area contributed by atoms with Gasteiger partial charge in [0, 0.05) is 25.0 Å². The minimum atomic E-state index is -0.0324. The Bertz CT molecular complexity index is 444. The molecular weight excluding hydrogens is 248 g/mol. The highest BCUT2D eigenvalue weighted by Gasteiger charge is 2.20. The summed E-state index contributed by atoms with van der Waals surface area (Å²) in [6, 6.07) is 8.22. The van der Waals surface area contributed by atoms with Gasteiger partial charge in [0.1, 0.15) is 5.75 Å². The van der Waals surface area contributed by atoms with Crippen molar-refractivity contribution >= 4 is 0 Å². The zero-order valence-electron chi connectivity index (χ0n) is 12.8. The number of rotatable bonds is 8. The van der Waals surface area contributed by atoms with Crippen LogP contribution in [0.5, 0.6) is 5.75 Å². The molecule has 3 heteroatoms. The van der Waals surface area contributed by atoms with Crippen LogP contribution in [-0.2, 0) is 6.42 Å². The van der Waals surface area contributed by atoms with Crippen molar-refractivity contribution in [3.05, 3.63) is 29.8 Å². The van der Waals surface area contributed by atoms with E-state index in [1.807, 2.05) is 19.1 Å². The zero-order chi connectivity index (χ0) is 14.8. The number of methoxy groups -OCH3 is 1. The lowest BCUT2D eigenvalue weighted by Crippen LogP contribution is -2.49. The van der Waals surface area contributed by atoms with Crippen LogP contribution in [0.25, 0.3) is 0 Å². The number of nitrogens with one attached hydrogen (secondary N) is 1. The van der Waals surface area contributed by atoms with E-state index >= 15 is 0 Å². The predicted molar refractivity (Wildman–Crippen MR) is 84.8 cm³/mol. The van der Waals surface area contributed by atoms with Crippen molar-refractivity contribution in [1.29, 1.82) is 0 Å². The molecule has 1 atom stereocenters. The van der Waals surface area contributed by atoms with Crippen LogP contribution in [0.1, 0.15) is 32.3 Å². The fourth-order valence-electron chi connectivity index (χ4n) is 2.03. The highest BCUT2D eigenvalue weighted by Crippen LogP contribution is 2.16. The summed E-state index contributed by atoms with van der Waals surface area (Å²) < 4.78 is 5.17. The molecule has 1 aromatic rings. The number of benzene rings is 1. The summed E-state index contributed by atoms with van der Waals surface area (Å²) in [4.78, 5) is 0. The second-order valence-electron chi connectivity index (χ2n) is 5.22. The van der Waals surface area contributed by atoms with Gasteiger partial charge in [-0.15, -0.1) is 11.8 Å². The highest BCUT2D eigenvalue weighted by atomic mass is 16.5. The number of hydrogen-bond donors (Lipinski definition) is 2. The second kappa shape index (κ2) is 8.63. The molecule has 0 saturated carbocycles. The molecule has 0 aromatic heterocycles. The summed E-state index contributed by atoms with van der Waals surface area (Å²) in [6.45, 7) is 5.56. The molecule has 0 fully saturated rings. The van der Waals surface area contributed by atoms with Crippen molar-refractivity contribution in [3.8, 4) is 17.6 Å². The minimum Gasteiger partial charge on any atom is -0.497 e. The van der Waals surface area contributed by atoms with Gasteiger partial charge in [-0.3, -0.25) is 0 Å². The van der Waals surface area contributed by atoms with E-state index in [0.29, 0.717) is 6.54 Å². The smallest absolute Gasteiger partial charge is 0.118 e. The van der Waals surface area contributed by atoms with Crippen molar-refractivity contribution in [2.75, 3.05) is 20.2 Å². The first kappa shape index (κ1) is 16.6. The van der Waals surface area contributed by atoms with Gasteiger partial charge < -0.3 is 15.8 Å². The maximum absolute atomic E-state index is 5.91. The number of aryl methyl sites for hydroxylation is 1. The van der Waals surface area contributed by atoms with Gasteiger partial charge in [0.25, 0.3) is 0 Å². The molecular formula is C17H26N2O. The van der Waals surface area contributed by atoms with E-state index in [9.17, 15) is 0 Å². The van der Waals surface area contributed by atoms with Crippen LogP contribution in [0.15, 0.2) is 24.3 Å². The Labute approximate surface area is 122 Å². The summed E-state index contributed by atoms with van der Waals surface area (Å²) in [5.74, 6) is 6.87. The van der Waals surface area contributed by atoms with Gasteiger partial charge in [0.05, 0.1) is 7.11 Å². The van der Waals surface area contributed by atoms with Gasteiger partial charge in [0.2, 0.25) is 0 Å². The van der Waals surface area contributed by atoms with E-state index in [0.717, 1.165) is 31.6 Å². The number of ether oxygens (including phenoxy) is 1. The van der Waals surface area contributed by atoms with Crippen LogP contribution in [0.4, 0.5) is 0 Å². The first-order chi connectivity index (χ1) is 9.63. The Hall–Kier alpha value is -1.50. The maximum Gasteiger partial charge on any atom is 0.118 e. The van der Waals surface area contributed by atoms with Crippen molar-refractivity contribution < 1.29 is 4.74 Å². The number of hydrogen-bond acceptors (Lipinski definition) is 3. The predicted octanol–water partition coefficient (Wildman–Crippen LogP) is 2.35. The van der Waals surface area contributed by atoms with E-state index in [-0.39, 0.29) is 5.54 Å². The molecule has 110 valence electrons. The maximum atomic E-state index is 5.91. The molecule has 0 saturated heterocycles. The molecule has 1 aromatic carbocycles. The molecule has 0 bridgehead atoms. The third-order valence-electron chi connectivity index (χ3n) is 3.55. The Morgan fingerprint density at radius 3 is 2.55 bits per heavy atom. The Morgan fingerprint density at radius 2 is 2.00 bits per heavy atom. The van der Waals surface area contributed by atoms with Gasteiger partial charge in [-0.1, -0.05) is 12.1 Å². The topological polar surface area (TPSA) is 47.3 Å². The lowest BCUT2D eigenvalue weighted by molar-refractivity contribution is 0.343. The molecule has 0 radical (unpaired) electrons. The molecule has 1 unspecified atom stereocenters. The van der Waals surface area contributed by atoms with Gasteiger partial charge in [0.15, 0.2) is 0 Å². The fourth-order valence-corrected chi connectivity index (χ4v) is 2.03. The molecule has 20 heavy (non-hydrogen) atoms. The molecule has 3 N–H and O–H groups in total. The van der Waals surface area contributed by atoms with E-state index < -0.39 is 0 Å². The average molecular weight is 274 g/mol.